The molecule has 0 spiro atoms. The lowest BCUT2D eigenvalue weighted by molar-refractivity contribution is 0.188. The lowest BCUT2D eigenvalue weighted by Gasteiger charge is -2.08. The predicted octanol–water partition coefficient (Wildman–Crippen LogP) is 0.463. The first kappa shape index (κ1) is 13.4. The molecule has 0 fully saturated rings. The quantitative estimate of drug-likeness (QED) is 0.684. The number of ether oxygens (including phenoxy) is 2. The third-order valence-electron chi connectivity index (χ3n) is 1.69. The highest BCUT2D eigenvalue weighted by atomic mass is 16.5. The van der Waals surface area contributed by atoms with E-state index in [0.29, 0.717) is 19.1 Å². The molecule has 0 aliphatic carbocycles. The molecule has 0 aliphatic rings. The summed E-state index contributed by atoms with van der Waals surface area (Å²) in [5, 5.41) is 11.6. The largest absolute Gasteiger partial charge is 0.463 e. The molecule has 0 aromatic carbocycles. The molecule has 7 heteroatoms. The first-order valence-corrected chi connectivity index (χ1v) is 5.66. The van der Waals surface area contributed by atoms with Crippen LogP contribution >= 0.6 is 0 Å². The second-order valence-electron chi connectivity index (χ2n) is 3.18. The van der Waals surface area contributed by atoms with E-state index >= 15 is 0 Å². The average Bonchev–Trinajstić information content (AvgIpc) is 2.34. The van der Waals surface area contributed by atoms with Crippen molar-refractivity contribution in [2.24, 2.45) is 0 Å². The zero-order valence-electron chi connectivity index (χ0n) is 10.1. The number of aliphatic hydroxyl groups is 1. The topological polar surface area (TPSA) is 89.4 Å². The van der Waals surface area contributed by atoms with Gasteiger partial charge in [-0.05, 0) is 13.3 Å². The summed E-state index contributed by atoms with van der Waals surface area (Å²) in [6, 6.07) is 0.377. The van der Waals surface area contributed by atoms with Crippen LogP contribution in [-0.4, -0.2) is 46.4 Å². The summed E-state index contributed by atoms with van der Waals surface area (Å²) in [4.78, 5) is 12.1. The molecule has 17 heavy (non-hydrogen) atoms. The van der Waals surface area contributed by atoms with Gasteiger partial charge in [0.2, 0.25) is 5.95 Å². The van der Waals surface area contributed by atoms with Crippen molar-refractivity contribution in [2.75, 3.05) is 31.7 Å². The highest BCUT2D eigenvalue weighted by Crippen LogP contribution is 2.12. The van der Waals surface area contributed by atoms with Gasteiger partial charge < -0.3 is 19.9 Å². The molecule has 0 saturated carbocycles. The fourth-order valence-corrected chi connectivity index (χ4v) is 1.03. The van der Waals surface area contributed by atoms with Crippen LogP contribution in [0.5, 0.6) is 12.0 Å². The Kier molecular flexibility index (Phi) is 6.02. The third kappa shape index (κ3) is 4.81. The van der Waals surface area contributed by atoms with Crippen molar-refractivity contribution < 1.29 is 14.6 Å². The van der Waals surface area contributed by atoms with E-state index < -0.39 is 0 Å². The minimum Gasteiger partial charge on any atom is -0.463 e. The van der Waals surface area contributed by atoms with Crippen molar-refractivity contribution in [3.05, 3.63) is 0 Å². The summed E-state index contributed by atoms with van der Waals surface area (Å²) in [6.45, 7) is 5.21. The molecule has 1 aromatic rings. The van der Waals surface area contributed by atoms with Crippen LogP contribution in [-0.2, 0) is 0 Å². The Labute approximate surface area is 100 Å². The van der Waals surface area contributed by atoms with E-state index in [9.17, 15) is 0 Å². The Hall–Kier alpha value is -1.63. The monoisotopic (exact) mass is 242 g/mol. The summed E-state index contributed by atoms with van der Waals surface area (Å²) < 4.78 is 10.4. The number of aliphatic hydroxyl groups excluding tert-OH is 1. The molecule has 96 valence electrons. The Morgan fingerprint density at radius 3 is 2.24 bits per heavy atom. The summed E-state index contributed by atoms with van der Waals surface area (Å²) in [7, 11) is 0. The highest BCUT2D eigenvalue weighted by molar-refractivity contribution is 5.27. The second-order valence-corrected chi connectivity index (χ2v) is 3.18. The molecule has 0 aliphatic heterocycles. The van der Waals surface area contributed by atoms with Gasteiger partial charge in [-0.1, -0.05) is 6.92 Å². The van der Waals surface area contributed by atoms with Crippen LogP contribution in [0.1, 0.15) is 20.3 Å². The minimum atomic E-state index is -0.0899. The predicted molar refractivity (Wildman–Crippen MR) is 62.4 cm³/mol. The number of hydrogen-bond acceptors (Lipinski definition) is 7. The summed E-state index contributed by atoms with van der Waals surface area (Å²) in [6.07, 6.45) is 0.870. The highest BCUT2D eigenvalue weighted by Gasteiger charge is 2.07. The molecule has 1 heterocycles. The number of anilines is 1. The molecule has 0 atom stereocenters. The fourth-order valence-electron chi connectivity index (χ4n) is 1.03. The molecular weight excluding hydrogens is 224 g/mol. The molecule has 1 rings (SSSR count). The average molecular weight is 242 g/mol. The second kappa shape index (κ2) is 7.61. The van der Waals surface area contributed by atoms with Crippen LogP contribution in [0.2, 0.25) is 0 Å². The maximum Gasteiger partial charge on any atom is 0.324 e. The van der Waals surface area contributed by atoms with Crippen LogP contribution in [0.25, 0.3) is 0 Å². The van der Waals surface area contributed by atoms with E-state index in [1.807, 2.05) is 13.8 Å². The van der Waals surface area contributed by atoms with Gasteiger partial charge in [0, 0.05) is 6.54 Å². The van der Waals surface area contributed by atoms with Crippen molar-refractivity contribution in [1.82, 2.24) is 15.0 Å². The Balaban J connectivity index is 2.76. The van der Waals surface area contributed by atoms with E-state index in [0.717, 1.165) is 6.42 Å². The number of nitrogens with one attached hydrogen (secondary N) is 1. The summed E-state index contributed by atoms with van der Waals surface area (Å²) >= 11 is 0. The number of aromatic nitrogens is 3. The molecule has 0 unspecified atom stereocenters. The van der Waals surface area contributed by atoms with Crippen molar-refractivity contribution in [3.63, 3.8) is 0 Å². The minimum absolute atomic E-state index is 0.0899. The maximum atomic E-state index is 8.67. The van der Waals surface area contributed by atoms with Gasteiger partial charge in [-0.2, -0.15) is 9.97 Å². The first-order chi connectivity index (χ1) is 8.30. The molecule has 0 saturated heterocycles. The normalized spacial score (nSPS) is 10.1. The summed E-state index contributed by atoms with van der Waals surface area (Å²) in [5.74, 6) is 0.404. The van der Waals surface area contributed by atoms with Gasteiger partial charge in [-0.15, -0.1) is 4.98 Å². The zero-order valence-corrected chi connectivity index (χ0v) is 10.1. The van der Waals surface area contributed by atoms with Gasteiger partial charge >= 0.3 is 12.0 Å². The zero-order chi connectivity index (χ0) is 12.5. The van der Waals surface area contributed by atoms with Crippen LogP contribution in [0.3, 0.4) is 0 Å². The number of rotatable bonds is 8. The van der Waals surface area contributed by atoms with Gasteiger partial charge in [0.15, 0.2) is 0 Å². The van der Waals surface area contributed by atoms with E-state index in [4.69, 9.17) is 14.6 Å². The van der Waals surface area contributed by atoms with E-state index in [2.05, 4.69) is 20.3 Å². The fraction of sp³-hybridized carbons (Fsp3) is 0.700. The van der Waals surface area contributed by atoms with Crippen molar-refractivity contribution in [3.8, 4) is 12.0 Å². The van der Waals surface area contributed by atoms with Crippen LogP contribution in [0.15, 0.2) is 0 Å². The van der Waals surface area contributed by atoms with Crippen LogP contribution in [0, 0.1) is 0 Å². The first-order valence-electron chi connectivity index (χ1n) is 5.66. The van der Waals surface area contributed by atoms with Gasteiger partial charge in [-0.25, -0.2) is 0 Å². The van der Waals surface area contributed by atoms with Crippen LogP contribution in [0.4, 0.5) is 5.95 Å². The molecule has 0 bridgehead atoms. The van der Waals surface area contributed by atoms with Crippen molar-refractivity contribution in [2.45, 2.75) is 20.3 Å². The van der Waals surface area contributed by atoms with E-state index in [-0.39, 0.29) is 25.2 Å². The van der Waals surface area contributed by atoms with Gasteiger partial charge in [0.05, 0.1) is 13.2 Å². The summed E-state index contributed by atoms with van der Waals surface area (Å²) in [5.41, 5.74) is 0. The SMILES string of the molecule is CCCOc1nc(NCC)nc(OCCO)n1. The smallest absolute Gasteiger partial charge is 0.324 e. The molecule has 2 N–H and O–H groups in total. The molecule has 7 nitrogen and oxygen atoms in total. The molecular formula is C10H18N4O3. The van der Waals surface area contributed by atoms with Gasteiger partial charge in [0.1, 0.15) is 6.61 Å². The maximum absolute atomic E-state index is 8.67. The van der Waals surface area contributed by atoms with E-state index in [1.54, 1.807) is 0 Å². The van der Waals surface area contributed by atoms with Crippen molar-refractivity contribution >= 4 is 5.95 Å². The Morgan fingerprint density at radius 1 is 1.06 bits per heavy atom. The van der Waals surface area contributed by atoms with Gasteiger partial charge in [-0.3, -0.25) is 0 Å². The molecule has 1 aromatic heterocycles. The van der Waals surface area contributed by atoms with Crippen molar-refractivity contribution in [1.29, 1.82) is 0 Å². The Morgan fingerprint density at radius 2 is 1.71 bits per heavy atom. The third-order valence-corrected chi connectivity index (χ3v) is 1.69. The Bertz CT molecular complexity index is 309. The lowest BCUT2D eigenvalue weighted by atomic mass is 10.5. The molecule has 0 radical (unpaired) electrons. The van der Waals surface area contributed by atoms with Crippen LogP contribution < -0.4 is 14.8 Å². The standard InChI is InChI=1S/C10H18N4O3/c1-3-6-16-9-12-8(11-4-2)13-10(14-9)17-7-5-15/h15H,3-7H2,1-2H3,(H,11,12,13,14). The van der Waals surface area contributed by atoms with Gasteiger partial charge in [0.25, 0.3) is 0 Å². The molecule has 0 amide bonds. The number of nitrogens with zero attached hydrogens (tertiary/aromatic N) is 3. The number of hydrogen-bond donors (Lipinski definition) is 2. The lowest BCUT2D eigenvalue weighted by Crippen LogP contribution is -2.11. The van der Waals surface area contributed by atoms with E-state index in [1.165, 1.54) is 0 Å².